The topological polar surface area (TPSA) is 39.2 Å². The first-order valence-electron chi connectivity index (χ1n) is 3.84. The van der Waals surface area contributed by atoms with Gasteiger partial charge in [0.1, 0.15) is 5.69 Å². The first-order chi connectivity index (χ1) is 5.77. The summed E-state index contributed by atoms with van der Waals surface area (Å²) in [4.78, 5) is 15.0. The summed E-state index contributed by atoms with van der Waals surface area (Å²) in [6.07, 6.45) is 1.72. The molecular formula is C9H9NO2. The molecule has 0 N–H and O–H groups in total. The van der Waals surface area contributed by atoms with Crippen LogP contribution in [0.5, 0.6) is 0 Å². The van der Waals surface area contributed by atoms with Gasteiger partial charge in [0, 0.05) is 18.7 Å². The second-order valence-corrected chi connectivity index (χ2v) is 2.89. The Labute approximate surface area is 70.4 Å². The maximum absolute atomic E-state index is 10.9. The first-order valence-corrected chi connectivity index (χ1v) is 3.84. The Hall–Kier alpha value is -1.22. The third kappa shape index (κ3) is 1.12. The molecule has 2 heterocycles. The van der Waals surface area contributed by atoms with E-state index >= 15 is 0 Å². The zero-order valence-electron chi connectivity index (χ0n) is 6.83. The molecule has 0 bridgehead atoms. The van der Waals surface area contributed by atoms with E-state index in [1.165, 1.54) is 6.92 Å². The number of pyridine rings is 1. The van der Waals surface area contributed by atoms with E-state index in [0.29, 0.717) is 18.9 Å². The number of hydrogen-bond donors (Lipinski definition) is 0. The lowest BCUT2D eigenvalue weighted by Crippen LogP contribution is -1.98. The van der Waals surface area contributed by atoms with E-state index in [9.17, 15) is 4.79 Å². The summed E-state index contributed by atoms with van der Waals surface area (Å²) in [5, 5.41) is 0. The summed E-state index contributed by atoms with van der Waals surface area (Å²) in [7, 11) is 0. The molecular weight excluding hydrogens is 154 g/mol. The molecule has 0 unspecified atom stereocenters. The van der Waals surface area contributed by atoms with Gasteiger partial charge in [-0.25, -0.2) is 0 Å². The maximum Gasteiger partial charge on any atom is 0.178 e. The molecule has 0 spiro atoms. The predicted molar refractivity (Wildman–Crippen MR) is 42.7 cm³/mol. The van der Waals surface area contributed by atoms with Crippen molar-refractivity contribution in [3.8, 4) is 0 Å². The molecule has 3 nitrogen and oxygen atoms in total. The van der Waals surface area contributed by atoms with Crippen molar-refractivity contribution in [3.05, 3.63) is 29.1 Å². The lowest BCUT2D eigenvalue weighted by Gasteiger charge is -1.97. The van der Waals surface area contributed by atoms with Gasteiger partial charge in [0.05, 0.1) is 13.2 Å². The number of ketones is 1. The average Bonchev–Trinajstić information content (AvgIpc) is 2.49. The smallest absolute Gasteiger partial charge is 0.178 e. The number of Topliss-reactive ketones (excluding diaryl/α,β-unsaturated/α-hetero) is 1. The van der Waals surface area contributed by atoms with E-state index in [4.69, 9.17) is 4.74 Å². The lowest BCUT2D eigenvalue weighted by molar-refractivity contribution is 0.101. The van der Waals surface area contributed by atoms with Crippen LogP contribution in [0.2, 0.25) is 0 Å². The van der Waals surface area contributed by atoms with Gasteiger partial charge in [-0.2, -0.15) is 0 Å². The number of hydrogen-bond acceptors (Lipinski definition) is 3. The van der Waals surface area contributed by atoms with Gasteiger partial charge < -0.3 is 4.74 Å². The van der Waals surface area contributed by atoms with Crippen LogP contribution in [0.15, 0.2) is 12.3 Å². The minimum atomic E-state index is 0.00435. The van der Waals surface area contributed by atoms with Gasteiger partial charge in [-0.3, -0.25) is 9.78 Å². The second kappa shape index (κ2) is 2.68. The molecule has 2 rings (SSSR count). The van der Waals surface area contributed by atoms with Gasteiger partial charge in [0.15, 0.2) is 5.78 Å². The van der Waals surface area contributed by atoms with E-state index < -0.39 is 0 Å². The van der Waals surface area contributed by atoms with Gasteiger partial charge in [-0.05, 0) is 11.6 Å². The molecule has 1 aromatic rings. The molecule has 0 fully saturated rings. The monoisotopic (exact) mass is 163 g/mol. The molecule has 0 saturated carbocycles. The SMILES string of the molecule is CC(=O)c1cc2c(cn1)COC2. The second-order valence-electron chi connectivity index (χ2n) is 2.89. The first kappa shape index (κ1) is 7.43. The standard InChI is InChI=1S/C9H9NO2/c1-6(11)9-2-7-4-12-5-8(7)3-10-9/h2-3H,4-5H2,1H3. The number of nitrogens with zero attached hydrogens (tertiary/aromatic N) is 1. The van der Waals surface area contributed by atoms with Crippen molar-refractivity contribution in [1.82, 2.24) is 4.98 Å². The van der Waals surface area contributed by atoms with Crippen LogP contribution in [-0.2, 0) is 18.0 Å². The normalized spacial score (nSPS) is 14.4. The number of aromatic nitrogens is 1. The molecule has 0 atom stereocenters. The Bertz CT molecular complexity index is 333. The average molecular weight is 163 g/mol. The van der Waals surface area contributed by atoms with E-state index in [2.05, 4.69) is 4.98 Å². The van der Waals surface area contributed by atoms with Crippen LogP contribution < -0.4 is 0 Å². The Morgan fingerprint density at radius 1 is 1.50 bits per heavy atom. The van der Waals surface area contributed by atoms with Crippen LogP contribution in [0.4, 0.5) is 0 Å². The van der Waals surface area contributed by atoms with Gasteiger partial charge in [-0.1, -0.05) is 0 Å². The highest BCUT2D eigenvalue weighted by molar-refractivity contribution is 5.92. The van der Waals surface area contributed by atoms with Crippen molar-refractivity contribution in [3.63, 3.8) is 0 Å². The fraction of sp³-hybridized carbons (Fsp3) is 0.333. The van der Waals surface area contributed by atoms with Gasteiger partial charge >= 0.3 is 0 Å². The van der Waals surface area contributed by atoms with Crippen LogP contribution >= 0.6 is 0 Å². The zero-order chi connectivity index (χ0) is 8.55. The minimum absolute atomic E-state index is 0.00435. The predicted octanol–water partition coefficient (Wildman–Crippen LogP) is 1.31. The molecule has 1 aromatic heterocycles. The summed E-state index contributed by atoms with van der Waals surface area (Å²) in [5.74, 6) is 0.00435. The van der Waals surface area contributed by atoms with E-state index in [1.54, 1.807) is 6.20 Å². The summed E-state index contributed by atoms with van der Waals surface area (Å²) < 4.78 is 5.20. The van der Waals surface area contributed by atoms with Crippen molar-refractivity contribution >= 4 is 5.78 Å². The van der Waals surface area contributed by atoms with Crippen LogP contribution in [0.3, 0.4) is 0 Å². The molecule has 1 aliphatic heterocycles. The molecule has 1 aliphatic rings. The molecule has 12 heavy (non-hydrogen) atoms. The summed E-state index contributed by atoms with van der Waals surface area (Å²) in [6, 6.07) is 1.81. The molecule has 0 saturated heterocycles. The van der Waals surface area contributed by atoms with Gasteiger partial charge in [0.2, 0.25) is 0 Å². The maximum atomic E-state index is 10.9. The van der Waals surface area contributed by atoms with Gasteiger partial charge in [0.25, 0.3) is 0 Å². The molecule has 0 radical (unpaired) electrons. The third-order valence-electron chi connectivity index (χ3n) is 1.96. The highest BCUT2D eigenvalue weighted by atomic mass is 16.5. The molecule has 0 aliphatic carbocycles. The number of carbonyl (C=O) groups is 1. The Morgan fingerprint density at radius 2 is 2.25 bits per heavy atom. The third-order valence-corrected chi connectivity index (χ3v) is 1.96. The van der Waals surface area contributed by atoms with Crippen LogP contribution in [-0.4, -0.2) is 10.8 Å². The van der Waals surface area contributed by atoms with Crippen LogP contribution in [0.1, 0.15) is 28.5 Å². The van der Waals surface area contributed by atoms with E-state index in [1.807, 2.05) is 6.07 Å². The Kier molecular flexibility index (Phi) is 1.66. The number of carbonyl (C=O) groups excluding carboxylic acids is 1. The summed E-state index contributed by atoms with van der Waals surface area (Å²) >= 11 is 0. The van der Waals surface area contributed by atoms with Crippen LogP contribution in [0, 0.1) is 0 Å². The van der Waals surface area contributed by atoms with Crippen molar-refractivity contribution in [2.24, 2.45) is 0 Å². The number of fused-ring (bicyclic) bond motifs is 1. The largest absolute Gasteiger partial charge is 0.372 e. The number of rotatable bonds is 1. The van der Waals surface area contributed by atoms with E-state index in [0.717, 1.165) is 11.1 Å². The van der Waals surface area contributed by atoms with Crippen molar-refractivity contribution in [2.45, 2.75) is 20.1 Å². The minimum Gasteiger partial charge on any atom is -0.372 e. The molecule has 3 heteroatoms. The highest BCUT2D eigenvalue weighted by Crippen LogP contribution is 2.19. The fourth-order valence-corrected chi connectivity index (χ4v) is 1.25. The fourth-order valence-electron chi connectivity index (χ4n) is 1.25. The number of ether oxygens (including phenoxy) is 1. The highest BCUT2D eigenvalue weighted by Gasteiger charge is 2.13. The zero-order valence-corrected chi connectivity index (χ0v) is 6.83. The Balaban J connectivity index is 2.45. The quantitative estimate of drug-likeness (QED) is 0.586. The molecule has 0 aromatic carbocycles. The summed E-state index contributed by atoms with van der Waals surface area (Å²) in [5.41, 5.74) is 2.72. The summed E-state index contributed by atoms with van der Waals surface area (Å²) in [6.45, 7) is 2.75. The lowest BCUT2D eigenvalue weighted by atomic mass is 10.1. The van der Waals surface area contributed by atoms with Crippen molar-refractivity contribution < 1.29 is 9.53 Å². The van der Waals surface area contributed by atoms with E-state index in [-0.39, 0.29) is 5.78 Å². The van der Waals surface area contributed by atoms with Crippen molar-refractivity contribution in [2.75, 3.05) is 0 Å². The van der Waals surface area contributed by atoms with Crippen LogP contribution in [0.25, 0.3) is 0 Å². The van der Waals surface area contributed by atoms with Crippen molar-refractivity contribution in [1.29, 1.82) is 0 Å². The molecule has 62 valence electrons. The molecule has 0 amide bonds. The Morgan fingerprint density at radius 3 is 3.00 bits per heavy atom. The van der Waals surface area contributed by atoms with Gasteiger partial charge in [-0.15, -0.1) is 0 Å².